The SMILES string of the molecule is C=CCC=CC=CC=C(CC=C)C1Oc2cc(OCCN3CCOCC3)c(C(N)=O)cc2O1. The summed E-state index contributed by atoms with van der Waals surface area (Å²) in [4.78, 5) is 14.3. The fraction of sp³-hybridized carbons (Fsp3) is 0.346. The largest absolute Gasteiger partial charge is 0.491 e. The molecule has 0 saturated carbocycles. The Morgan fingerprint density at radius 1 is 1.12 bits per heavy atom. The number of hydrogen-bond donors (Lipinski definition) is 1. The van der Waals surface area contributed by atoms with E-state index in [0.717, 1.165) is 44.8 Å². The number of amides is 1. The van der Waals surface area contributed by atoms with Gasteiger partial charge in [0.1, 0.15) is 12.4 Å². The molecular formula is C26H32N2O5. The Morgan fingerprint density at radius 2 is 1.88 bits per heavy atom. The average Bonchev–Trinajstić information content (AvgIpc) is 3.23. The van der Waals surface area contributed by atoms with E-state index in [1.54, 1.807) is 18.2 Å². The first-order chi connectivity index (χ1) is 16.1. The van der Waals surface area contributed by atoms with Crippen LogP contribution < -0.4 is 19.9 Å². The molecule has 33 heavy (non-hydrogen) atoms. The number of rotatable bonds is 12. The lowest BCUT2D eigenvalue weighted by Crippen LogP contribution is -2.38. The van der Waals surface area contributed by atoms with Crippen molar-refractivity contribution in [3.63, 3.8) is 0 Å². The van der Waals surface area contributed by atoms with Crippen LogP contribution in [0.2, 0.25) is 0 Å². The minimum atomic E-state index is -0.621. The van der Waals surface area contributed by atoms with Crippen molar-refractivity contribution in [2.45, 2.75) is 19.1 Å². The van der Waals surface area contributed by atoms with Gasteiger partial charge in [0.05, 0.1) is 18.8 Å². The summed E-state index contributed by atoms with van der Waals surface area (Å²) < 4.78 is 23.3. The van der Waals surface area contributed by atoms with Crippen molar-refractivity contribution in [3.05, 3.63) is 79.0 Å². The molecule has 0 aliphatic carbocycles. The lowest BCUT2D eigenvalue weighted by Gasteiger charge is -2.26. The number of hydrogen-bond acceptors (Lipinski definition) is 6. The van der Waals surface area contributed by atoms with Gasteiger partial charge in [-0.1, -0.05) is 42.5 Å². The maximum absolute atomic E-state index is 12.0. The minimum absolute atomic E-state index is 0.265. The highest BCUT2D eigenvalue weighted by molar-refractivity contribution is 5.96. The number of ether oxygens (including phenoxy) is 4. The van der Waals surface area contributed by atoms with Gasteiger partial charge in [-0.3, -0.25) is 9.69 Å². The van der Waals surface area contributed by atoms with Crippen LogP contribution in [0.3, 0.4) is 0 Å². The number of morpholine rings is 1. The molecular weight excluding hydrogens is 420 g/mol. The molecule has 176 valence electrons. The van der Waals surface area contributed by atoms with Gasteiger partial charge in [0.2, 0.25) is 0 Å². The number of primary amides is 1. The molecule has 1 saturated heterocycles. The van der Waals surface area contributed by atoms with E-state index in [1.165, 1.54) is 0 Å². The fourth-order valence-corrected chi connectivity index (χ4v) is 3.46. The molecule has 1 unspecified atom stereocenters. The summed E-state index contributed by atoms with van der Waals surface area (Å²) in [6, 6.07) is 3.26. The molecule has 0 aromatic heterocycles. The van der Waals surface area contributed by atoms with Gasteiger partial charge < -0.3 is 24.7 Å². The zero-order valence-electron chi connectivity index (χ0n) is 18.9. The van der Waals surface area contributed by atoms with E-state index in [0.29, 0.717) is 30.3 Å². The summed E-state index contributed by atoms with van der Waals surface area (Å²) in [5.74, 6) is 0.776. The van der Waals surface area contributed by atoms with Crippen LogP contribution in [0.4, 0.5) is 0 Å². The molecule has 7 nitrogen and oxygen atoms in total. The van der Waals surface area contributed by atoms with Crippen LogP contribution >= 0.6 is 0 Å². The Bertz CT molecular complexity index is 929. The molecule has 1 amide bonds. The predicted octanol–water partition coefficient (Wildman–Crippen LogP) is 3.78. The molecule has 0 spiro atoms. The summed E-state index contributed by atoms with van der Waals surface area (Å²) in [6.07, 6.45) is 14.2. The van der Waals surface area contributed by atoms with Gasteiger partial charge in [-0.15, -0.1) is 13.2 Å². The third-order valence-electron chi connectivity index (χ3n) is 5.20. The Hall–Kier alpha value is -3.29. The monoisotopic (exact) mass is 452 g/mol. The van der Waals surface area contributed by atoms with Gasteiger partial charge in [0, 0.05) is 37.3 Å². The van der Waals surface area contributed by atoms with Crippen molar-refractivity contribution < 1.29 is 23.7 Å². The average molecular weight is 453 g/mol. The van der Waals surface area contributed by atoms with Gasteiger partial charge >= 0.3 is 0 Å². The Balaban J connectivity index is 1.69. The second-order valence-electron chi connectivity index (χ2n) is 7.60. The molecule has 2 aliphatic rings. The lowest BCUT2D eigenvalue weighted by molar-refractivity contribution is 0.0322. The first-order valence-electron chi connectivity index (χ1n) is 11.1. The molecule has 1 aromatic carbocycles. The van der Waals surface area contributed by atoms with Crippen molar-refractivity contribution in [3.8, 4) is 17.2 Å². The molecule has 0 radical (unpaired) electrons. The molecule has 1 atom stereocenters. The number of allylic oxidation sites excluding steroid dienone is 7. The summed E-state index contributed by atoms with van der Waals surface area (Å²) in [7, 11) is 0. The van der Waals surface area contributed by atoms with E-state index in [9.17, 15) is 4.79 Å². The smallest absolute Gasteiger partial charge is 0.264 e. The standard InChI is InChI=1S/C26H32N2O5/c1-3-5-6-7-8-9-11-20(10-4-2)26-32-23-18-21(25(27)29)22(19-24(23)33-26)31-17-14-28-12-15-30-16-13-28/h3-4,6-9,11,18-19,26H,1-2,5,10,12-17H2,(H2,27,29). The maximum atomic E-state index is 12.0. The van der Waals surface area contributed by atoms with Crippen LogP contribution in [0.25, 0.3) is 0 Å². The Morgan fingerprint density at radius 3 is 2.58 bits per heavy atom. The fourth-order valence-electron chi connectivity index (χ4n) is 3.46. The Kier molecular flexibility index (Phi) is 9.35. The highest BCUT2D eigenvalue weighted by atomic mass is 16.7. The van der Waals surface area contributed by atoms with Crippen molar-refractivity contribution in [1.82, 2.24) is 4.90 Å². The van der Waals surface area contributed by atoms with Gasteiger partial charge in [-0.2, -0.15) is 0 Å². The third kappa shape index (κ3) is 7.10. The van der Waals surface area contributed by atoms with Crippen molar-refractivity contribution in [2.24, 2.45) is 5.73 Å². The van der Waals surface area contributed by atoms with E-state index in [-0.39, 0.29) is 5.56 Å². The topological polar surface area (TPSA) is 83.3 Å². The van der Waals surface area contributed by atoms with Crippen molar-refractivity contribution in [2.75, 3.05) is 39.5 Å². The zero-order valence-corrected chi connectivity index (χ0v) is 18.9. The Labute approximate surface area is 195 Å². The highest BCUT2D eigenvalue weighted by Crippen LogP contribution is 2.41. The number of carbonyl (C=O) groups is 1. The van der Waals surface area contributed by atoms with E-state index in [4.69, 9.17) is 24.7 Å². The van der Waals surface area contributed by atoms with E-state index >= 15 is 0 Å². The molecule has 3 rings (SSSR count). The summed E-state index contributed by atoms with van der Waals surface area (Å²) >= 11 is 0. The second-order valence-corrected chi connectivity index (χ2v) is 7.60. The van der Waals surface area contributed by atoms with Gasteiger partial charge in [-0.05, 0) is 12.8 Å². The minimum Gasteiger partial charge on any atom is -0.491 e. The number of benzene rings is 1. The molecule has 2 aliphatic heterocycles. The van der Waals surface area contributed by atoms with Crippen LogP contribution in [0.5, 0.6) is 17.2 Å². The third-order valence-corrected chi connectivity index (χ3v) is 5.20. The quantitative estimate of drug-likeness (QED) is 0.384. The van der Waals surface area contributed by atoms with E-state index < -0.39 is 12.2 Å². The van der Waals surface area contributed by atoms with E-state index in [1.807, 2.05) is 36.5 Å². The lowest BCUT2D eigenvalue weighted by atomic mass is 10.1. The van der Waals surface area contributed by atoms with Crippen molar-refractivity contribution in [1.29, 1.82) is 0 Å². The normalized spacial score (nSPS) is 18.7. The van der Waals surface area contributed by atoms with Crippen molar-refractivity contribution >= 4 is 5.91 Å². The zero-order chi connectivity index (χ0) is 23.5. The first-order valence-corrected chi connectivity index (χ1v) is 11.1. The summed E-state index contributed by atoms with van der Waals surface area (Å²) in [5.41, 5.74) is 6.75. The van der Waals surface area contributed by atoms with Crippen LogP contribution in [0, 0.1) is 0 Å². The molecule has 2 N–H and O–H groups in total. The van der Waals surface area contributed by atoms with E-state index in [2.05, 4.69) is 18.1 Å². The first kappa shape index (κ1) is 24.4. The highest BCUT2D eigenvalue weighted by Gasteiger charge is 2.29. The van der Waals surface area contributed by atoms with Gasteiger partial charge in [-0.25, -0.2) is 0 Å². The molecule has 2 heterocycles. The predicted molar refractivity (Wildman–Crippen MR) is 129 cm³/mol. The maximum Gasteiger partial charge on any atom is 0.264 e. The number of nitrogens with zero attached hydrogens (tertiary/aromatic N) is 1. The second kappa shape index (κ2) is 12.7. The molecule has 1 aromatic rings. The molecule has 7 heteroatoms. The van der Waals surface area contributed by atoms with Crippen LogP contribution in [0.1, 0.15) is 23.2 Å². The number of nitrogens with two attached hydrogens (primary N) is 1. The van der Waals surface area contributed by atoms with Crippen LogP contribution in [-0.4, -0.2) is 56.6 Å². The van der Waals surface area contributed by atoms with Gasteiger partial charge in [0.15, 0.2) is 11.5 Å². The summed E-state index contributed by atoms with van der Waals surface area (Å²) in [5, 5.41) is 0. The van der Waals surface area contributed by atoms with Crippen LogP contribution in [0.15, 0.2) is 73.4 Å². The molecule has 1 fully saturated rings. The number of fused-ring (bicyclic) bond motifs is 1. The van der Waals surface area contributed by atoms with Gasteiger partial charge in [0.25, 0.3) is 12.2 Å². The number of carbonyl (C=O) groups excluding carboxylic acids is 1. The van der Waals surface area contributed by atoms with Crippen LogP contribution in [-0.2, 0) is 4.74 Å². The summed E-state index contributed by atoms with van der Waals surface area (Å²) in [6.45, 7) is 11.8. The molecule has 0 bridgehead atoms.